The summed E-state index contributed by atoms with van der Waals surface area (Å²) in [5.74, 6) is -1.39. The van der Waals surface area contributed by atoms with Crippen LogP contribution in [0.4, 0.5) is 0 Å². The van der Waals surface area contributed by atoms with Crippen LogP contribution >= 0.6 is 0 Å². The van der Waals surface area contributed by atoms with E-state index in [1.54, 1.807) is 54.1 Å². The lowest BCUT2D eigenvalue weighted by atomic mass is 10.0. The molecular formula is C24H18N8O3. The molecule has 172 valence electrons. The largest absolute Gasteiger partial charge is 0.477 e. The van der Waals surface area contributed by atoms with Crippen LogP contribution in [0.3, 0.4) is 0 Å². The van der Waals surface area contributed by atoms with Gasteiger partial charge in [0.1, 0.15) is 5.70 Å². The summed E-state index contributed by atoms with van der Waals surface area (Å²) < 4.78 is 2.87. The number of nitrogens with one attached hydrogen (secondary N) is 1. The lowest BCUT2D eigenvalue weighted by Crippen LogP contribution is -2.27. The van der Waals surface area contributed by atoms with E-state index in [1.807, 2.05) is 30.3 Å². The van der Waals surface area contributed by atoms with Crippen molar-refractivity contribution >= 4 is 23.6 Å². The summed E-state index contributed by atoms with van der Waals surface area (Å²) in [4.78, 5) is 24.7. The van der Waals surface area contributed by atoms with Gasteiger partial charge in [-0.05, 0) is 47.7 Å². The number of tetrazole rings is 1. The number of carboxylic acids is 1. The number of nitrogens with zero attached hydrogens (tertiary/aromatic N) is 7. The van der Waals surface area contributed by atoms with E-state index >= 15 is 0 Å². The van der Waals surface area contributed by atoms with Gasteiger partial charge in [-0.3, -0.25) is 4.79 Å². The number of aromatic nitrogens is 7. The monoisotopic (exact) mass is 466 g/mol. The minimum atomic E-state index is -1.28. The van der Waals surface area contributed by atoms with E-state index in [4.69, 9.17) is 0 Å². The van der Waals surface area contributed by atoms with Gasteiger partial charge in [-0.25, -0.2) is 9.48 Å². The Morgan fingerprint density at radius 2 is 1.66 bits per heavy atom. The zero-order chi connectivity index (χ0) is 24.4. The minimum Gasteiger partial charge on any atom is -0.477 e. The third-order valence-electron chi connectivity index (χ3n) is 5.23. The Labute approximate surface area is 198 Å². The number of carbonyl (C=O) groups excluding carboxylic acids is 1. The Morgan fingerprint density at radius 3 is 2.37 bits per heavy atom. The van der Waals surface area contributed by atoms with Gasteiger partial charge in [0.05, 0.1) is 11.4 Å². The highest BCUT2D eigenvalue weighted by atomic mass is 16.4. The first kappa shape index (κ1) is 21.6. The number of amides is 1. The summed E-state index contributed by atoms with van der Waals surface area (Å²) in [6.45, 7) is 1.75. The van der Waals surface area contributed by atoms with Crippen LogP contribution in [0.2, 0.25) is 0 Å². The third kappa shape index (κ3) is 4.25. The number of aryl methyl sites for hydroxylation is 1. The van der Waals surface area contributed by atoms with Crippen LogP contribution in [0, 0.1) is 6.92 Å². The molecule has 0 aliphatic rings. The van der Waals surface area contributed by atoms with Crippen molar-refractivity contribution in [1.29, 1.82) is 0 Å². The van der Waals surface area contributed by atoms with E-state index in [1.165, 1.54) is 10.7 Å². The highest BCUT2D eigenvalue weighted by molar-refractivity contribution is 6.03. The van der Waals surface area contributed by atoms with Crippen molar-refractivity contribution in [2.45, 2.75) is 6.92 Å². The fourth-order valence-corrected chi connectivity index (χ4v) is 3.58. The number of hydrogen-bond donors (Lipinski definition) is 2. The highest BCUT2D eigenvalue weighted by Crippen LogP contribution is 2.30. The van der Waals surface area contributed by atoms with Crippen molar-refractivity contribution in [3.63, 3.8) is 0 Å². The van der Waals surface area contributed by atoms with Gasteiger partial charge >= 0.3 is 5.97 Å². The van der Waals surface area contributed by atoms with Gasteiger partial charge in [0, 0.05) is 16.7 Å². The fraction of sp³-hybridized carbons (Fsp3) is 0.0417. The molecule has 0 unspecified atom stereocenters. The molecule has 1 amide bonds. The van der Waals surface area contributed by atoms with Crippen molar-refractivity contribution in [2.24, 2.45) is 0 Å². The molecule has 0 saturated carbocycles. The maximum Gasteiger partial charge on any atom is 0.352 e. The number of hydrogen-bond acceptors (Lipinski definition) is 7. The first-order valence-electron chi connectivity index (χ1n) is 10.5. The van der Waals surface area contributed by atoms with E-state index in [2.05, 4.69) is 31.0 Å². The van der Waals surface area contributed by atoms with Crippen molar-refractivity contribution in [1.82, 2.24) is 40.4 Å². The molecule has 11 heteroatoms. The van der Waals surface area contributed by atoms with Crippen molar-refractivity contribution in [3.8, 4) is 17.1 Å². The second kappa shape index (κ2) is 8.98. The van der Waals surface area contributed by atoms with Crippen LogP contribution in [0.1, 0.15) is 21.6 Å². The minimum absolute atomic E-state index is 0.289. The van der Waals surface area contributed by atoms with Gasteiger partial charge in [0.2, 0.25) is 0 Å². The fourth-order valence-electron chi connectivity index (χ4n) is 3.58. The van der Waals surface area contributed by atoms with Crippen LogP contribution in [0.5, 0.6) is 0 Å². The predicted octanol–water partition coefficient (Wildman–Crippen LogP) is 2.54. The van der Waals surface area contributed by atoms with Crippen molar-refractivity contribution < 1.29 is 14.7 Å². The molecule has 35 heavy (non-hydrogen) atoms. The normalized spacial score (nSPS) is 11.5. The number of carbonyl (C=O) groups is 2. The molecule has 2 aromatic carbocycles. The Balaban J connectivity index is 1.65. The maximum atomic E-state index is 12.6. The van der Waals surface area contributed by atoms with E-state index < -0.39 is 11.9 Å². The molecule has 0 aliphatic heterocycles. The van der Waals surface area contributed by atoms with Gasteiger partial charge in [0.15, 0.2) is 11.5 Å². The summed E-state index contributed by atoms with van der Waals surface area (Å²) in [6.07, 6.45) is 1.40. The molecule has 0 bridgehead atoms. The third-order valence-corrected chi connectivity index (χ3v) is 5.23. The SMILES string of the molecule is Cc1nn(-c2ccc3nnnn3n2)c(-c2ccccc2)c1/C=C(\NC(=O)c1ccccc1)C(=O)O. The average molecular weight is 466 g/mol. The maximum absolute atomic E-state index is 12.6. The Hall–Kier alpha value is -5.19. The second-order valence-electron chi connectivity index (χ2n) is 7.53. The zero-order valence-corrected chi connectivity index (χ0v) is 18.4. The standard InChI is InChI=1S/C24H18N8O3/c1-15-18(14-19(24(34)35)25-23(33)17-10-6-3-7-11-17)22(16-8-4-2-5-9-16)31(27-15)21-13-12-20-26-29-30-32(20)28-21/h2-14H,1H3,(H,25,33)(H,34,35)/b19-14-. The van der Waals surface area contributed by atoms with Gasteiger partial charge in [-0.15, -0.1) is 14.8 Å². The first-order valence-corrected chi connectivity index (χ1v) is 10.5. The highest BCUT2D eigenvalue weighted by Gasteiger charge is 2.21. The lowest BCUT2D eigenvalue weighted by molar-refractivity contribution is -0.132. The number of fused-ring (bicyclic) bond motifs is 1. The number of aliphatic carboxylic acids is 1. The van der Waals surface area contributed by atoms with E-state index in [0.717, 1.165) is 5.56 Å². The summed E-state index contributed by atoms with van der Waals surface area (Å²) in [6, 6.07) is 21.2. The molecule has 5 aromatic rings. The Bertz CT molecular complexity index is 1570. The summed E-state index contributed by atoms with van der Waals surface area (Å²) >= 11 is 0. The molecule has 0 fully saturated rings. The van der Waals surface area contributed by atoms with E-state index in [0.29, 0.717) is 34.0 Å². The second-order valence-corrected chi connectivity index (χ2v) is 7.53. The van der Waals surface area contributed by atoms with Gasteiger partial charge in [-0.2, -0.15) is 5.10 Å². The Kier molecular flexibility index (Phi) is 5.55. The van der Waals surface area contributed by atoms with Crippen LogP contribution in [0.25, 0.3) is 28.8 Å². The smallest absolute Gasteiger partial charge is 0.352 e. The molecule has 11 nitrogen and oxygen atoms in total. The first-order chi connectivity index (χ1) is 17.0. The topological polar surface area (TPSA) is 140 Å². The molecule has 5 rings (SSSR count). The van der Waals surface area contributed by atoms with Crippen molar-refractivity contribution in [3.05, 3.63) is 95.3 Å². The lowest BCUT2D eigenvalue weighted by Gasteiger charge is -2.10. The molecule has 0 atom stereocenters. The molecular weight excluding hydrogens is 448 g/mol. The predicted molar refractivity (Wildman–Crippen MR) is 125 cm³/mol. The molecule has 3 heterocycles. The van der Waals surface area contributed by atoms with Crippen LogP contribution in [0.15, 0.2) is 78.5 Å². The van der Waals surface area contributed by atoms with Gasteiger partial charge in [-0.1, -0.05) is 48.5 Å². The average Bonchev–Trinajstić information content (AvgIpc) is 3.48. The van der Waals surface area contributed by atoms with Crippen molar-refractivity contribution in [2.75, 3.05) is 0 Å². The van der Waals surface area contributed by atoms with E-state index in [-0.39, 0.29) is 5.70 Å². The summed E-state index contributed by atoms with van der Waals surface area (Å²) in [7, 11) is 0. The van der Waals surface area contributed by atoms with Crippen LogP contribution < -0.4 is 5.32 Å². The van der Waals surface area contributed by atoms with Gasteiger partial charge < -0.3 is 10.4 Å². The molecule has 0 radical (unpaired) electrons. The summed E-state index contributed by atoms with van der Waals surface area (Å²) in [5.41, 5.74) is 2.94. The molecule has 0 saturated heterocycles. The Morgan fingerprint density at radius 1 is 0.943 bits per heavy atom. The quantitative estimate of drug-likeness (QED) is 0.364. The number of rotatable bonds is 6. The van der Waals surface area contributed by atoms with Gasteiger partial charge in [0.25, 0.3) is 5.91 Å². The number of carboxylic acid groups (broad SMARTS) is 1. The van der Waals surface area contributed by atoms with Crippen LogP contribution in [-0.4, -0.2) is 52.0 Å². The van der Waals surface area contributed by atoms with Crippen LogP contribution in [-0.2, 0) is 4.79 Å². The molecule has 0 spiro atoms. The molecule has 2 N–H and O–H groups in total. The molecule has 3 aromatic heterocycles. The number of benzene rings is 2. The zero-order valence-electron chi connectivity index (χ0n) is 18.4. The summed E-state index contributed by atoms with van der Waals surface area (Å²) in [5, 5.41) is 32.7. The molecule has 0 aliphatic carbocycles. The van der Waals surface area contributed by atoms with E-state index in [9.17, 15) is 14.7 Å².